The van der Waals surface area contributed by atoms with Gasteiger partial charge >= 0.3 is 0 Å². The van der Waals surface area contributed by atoms with Crippen LogP contribution in [0.3, 0.4) is 0 Å². The zero-order chi connectivity index (χ0) is 15.9. The van der Waals surface area contributed by atoms with Gasteiger partial charge in [-0.15, -0.1) is 0 Å². The molecule has 2 aromatic carbocycles. The average Bonchev–Trinajstić information content (AvgIpc) is 3.17. The predicted octanol–water partition coefficient (Wildman–Crippen LogP) is 3.59. The number of benzene rings is 2. The van der Waals surface area contributed by atoms with Crippen LogP contribution in [-0.2, 0) is 10.3 Å². The molecule has 1 aliphatic heterocycles. The monoisotopic (exact) mass is 329 g/mol. The van der Waals surface area contributed by atoms with Gasteiger partial charge in [0.1, 0.15) is 30.1 Å². The molecular weight excluding hydrogens is 317 g/mol. The van der Waals surface area contributed by atoms with Crippen LogP contribution in [0.15, 0.2) is 61.2 Å². The third-order valence-electron chi connectivity index (χ3n) is 4.13. The molecule has 2 unspecified atom stereocenters. The van der Waals surface area contributed by atoms with Gasteiger partial charge in [0.05, 0.1) is 6.61 Å². The molecule has 0 spiro atoms. The van der Waals surface area contributed by atoms with Crippen molar-refractivity contribution >= 4 is 11.6 Å². The lowest BCUT2D eigenvalue weighted by Crippen LogP contribution is -2.27. The fourth-order valence-electron chi connectivity index (χ4n) is 2.95. The van der Waals surface area contributed by atoms with Crippen LogP contribution in [0.2, 0.25) is 5.02 Å². The van der Waals surface area contributed by atoms with Crippen LogP contribution in [0.4, 0.5) is 4.39 Å². The maximum absolute atomic E-state index is 13.3. The minimum atomic E-state index is -0.619. The highest BCUT2D eigenvalue weighted by Crippen LogP contribution is 2.51. The van der Waals surface area contributed by atoms with E-state index in [-0.39, 0.29) is 11.9 Å². The van der Waals surface area contributed by atoms with Gasteiger partial charge in [0.25, 0.3) is 0 Å². The van der Waals surface area contributed by atoms with E-state index in [4.69, 9.17) is 16.3 Å². The van der Waals surface area contributed by atoms with E-state index in [0.717, 1.165) is 11.1 Å². The summed E-state index contributed by atoms with van der Waals surface area (Å²) in [5.41, 5.74) is 1.16. The lowest BCUT2D eigenvalue weighted by Gasteiger charge is -2.26. The number of rotatable bonds is 4. The van der Waals surface area contributed by atoms with E-state index < -0.39 is 5.60 Å². The Kier molecular flexibility index (Phi) is 3.39. The summed E-state index contributed by atoms with van der Waals surface area (Å²) in [4.78, 5) is 4.04. The second-order valence-electron chi connectivity index (χ2n) is 5.48. The van der Waals surface area contributed by atoms with E-state index in [0.29, 0.717) is 11.6 Å². The second-order valence-corrected chi connectivity index (χ2v) is 5.89. The molecule has 4 nitrogen and oxygen atoms in total. The molecule has 1 aliphatic rings. The van der Waals surface area contributed by atoms with E-state index in [9.17, 15) is 4.39 Å². The van der Waals surface area contributed by atoms with Crippen LogP contribution in [-0.4, -0.2) is 21.4 Å². The zero-order valence-electron chi connectivity index (χ0n) is 12.1. The Morgan fingerprint density at radius 2 is 1.91 bits per heavy atom. The molecule has 2 atom stereocenters. The van der Waals surface area contributed by atoms with Crippen LogP contribution in [0.1, 0.15) is 17.2 Å². The molecular formula is C17H13ClFN3O. The molecule has 116 valence electrons. The van der Waals surface area contributed by atoms with Gasteiger partial charge < -0.3 is 4.74 Å². The van der Waals surface area contributed by atoms with Crippen molar-refractivity contribution in [3.63, 3.8) is 0 Å². The third kappa shape index (κ3) is 2.42. The molecule has 4 rings (SSSR count). The van der Waals surface area contributed by atoms with E-state index in [1.807, 2.05) is 24.3 Å². The van der Waals surface area contributed by atoms with Crippen LogP contribution in [0.5, 0.6) is 0 Å². The molecule has 3 aromatic rings. The number of epoxide rings is 1. The molecule has 0 N–H and O–H groups in total. The van der Waals surface area contributed by atoms with Crippen molar-refractivity contribution in [2.45, 2.75) is 11.6 Å². The standard InChI is InChI=1S/C17H13ClFN3O/c18-15-4-2-1-3-14(15)16(22-11-20-10-21-22)17(9-23-17)12-5-7-13(19)8-6-12/h1-8,10-11,16H,9H2. The van der Waals surface area contributed by atoms with Crippen molar-refractivity contribution in [1.82, 2.24) is 14.8 Å². The van der Waals surface area contributed by atoms with Gasteiger partial charge in [-0.2, -0.15) is 5.10 Å². The Morgan fingerprint density at radius 1 is 1.17 bits per heavy atom. The van der Waals surface area contributed by atoms with E-state index >= 15 is 0 Å². The number of aromatic nitrogens is 3. The Balaban J connectivity index is 1.86. The molecule has 1 fully saturated rings. The third-order valence-corrected chi connectivity index (χ3v) is 4.48. The first-order valence-electron chi connectivity index (χ1n) is 7.19. The summed E-state index contributed by atoms with van der Waals surface area (Å²) < 4.78 is 20.8. The minimum absolute atomic E-state index is 0.274. The van der Waals surface area contributed by atoms with Gasteiger partial charge in [0.15, 0.2) is 0 Å². The first-order valence-corrected chi connectivity index (χ1v) is 7.57. The minimum Gasteiger partial charge on any atom is -0.362 e. The van der Waals surface area contributed by atoms with Crippen LogP contribution in [0.25, 0.3) is 0 Å². The predicted molar refractivity (Wildman–Crippen MR) is 83.6 cm³/mol. The first kappa shape index (κ1) is 14.4. The molecule has 0 amide bonds. The molecule has 23 heavy (non-hydrogen) atoms. The smallest absolute Gasteiger partial charge is 0.143 e. The van der Waals surface area contributed by atoms with Crippen molar-refractivity contribution in [3.05, 3.63) is 83.2 Å². The van der Waals surface area contributed by atoms with Crippen molar-refractivity contribution < 1.29 is 9.13 Å². The van der Waals surface area contributed by atoms with Crippen LogP contribution < -0.4 is 0 Å². The highest BCUT2D eigenvalue weighted by molar-refractivity contribution is 6.31. The summed E-state index contributed by atoms with van der Waals surface area (Å²) in [5, 5.41) is 4.91. The lowest BCUT2D eigenvalue weighted by atomic mass is 9.87. The Labute approximate surface area is 137 Å². The summed E-state index contributed by atoms with van der Waals surface area (Å²) in [6.07, 6.45) is 3.12. The highest BCUT2D eigenvalue weighted by Gasteiger charge is 2.55. The second kappa shape index (κ2) is 5.44. The molecule has 1 aromatic heterocycles. The van der Waals surface area contributed by atoms with Gasteiger partial charge in [-0.25, -0.2) is 14.1 Å². The highest BCUT2D eigenvalue weighted by atomic mass is 35.5. The maximum Gasteiger partial charge on any atom is 0.143 e. The zero-order valence-corrected chi connectivity index (χ0v) is 12.8. The Bertz CT molecular complexity index is 816. The van der Waals surface area contributed by atoms with E-state index in [1.165, 1.54) is 18.5 Å². The summed E-state index contributed by atoms with van der Waals surface area (Å²) in [6, 6.07) is 13.7. The van der Waals surface area contributed by atoms with Crippen LogP contribution in [0, 0.1) is 5.82 Å². The molecule has 0 aliphatic carbocycles. The largest absolute Gasteiger partial charge is 0.362 e. The average molecular weight is 330 g/mol. The molecule has 2 heterocycles. The lowest BCUT2D eigenvalue weighted by molar-refractivity contribution is 0.233. The normalized spacial score (nSPS) is 21.1. The van der Waals surface area contributed by atoms with Crippen molar-refractivity contribution in [2.24, 2.45) is 0 Å². The van der Waals surface area contributed by atoms with Gasteiger partial charge in [0.2, 0.25) is 0 Å². The number of nitrogens with zero attached hydrogens (tertiary/aromatic N) is 3. The summed E-state index contributed by atoms with van der Waals surface area (Å²) in [7, 11) is 0. The van der Waals surface area contributed by atoms with E-state index in [2.05, 4.69) is 10.1 Å². The Morgan fingerprint density at radius 3 is 2.52 bits per heavy atom. The van der Waals surface area contributed by atoms with Gasteiger partial charge in [-0.05, 0) is 29.3 Å². The SMILES string of the molecule is Fc1ccc(C2(C(c3ccccc3Cl)n3cncn3)CO2)cc1. The van der Waals surface area contributed by atoms with Gasteiger partial charge in [0, 0.05) is 5.02 Å². The van der Waals surface area contributed by atoms with Gasteiger partial charge in [-0.3, -0.25) is 0 Å². The molecule has 0 bridgehead atoms. The molecule has 6 heteroatoms. The quantitative estimate of drug-likeness (QED) is 0.687. The number of hydrogen-bond donors (Lipinski definition) is 0. The molecule has 0 saturated carbocycles. The fraction of sp³-hybridized carbons (Fsp3) is 0.176. The Hall–Kier alpha value is -2.24. The maximum atomic E-state index is 13.3. The number of ether oxygens (including phenoxy) is 1. The summed E-state index contributed by atoms with van der Waals surface area (Å²) in [5.74, 6) is -0.278. The van der Waals surface area contributed by atoms with Crippen molar-refractivity contribution in [3.8, 4) is 0 Å². The summed E-state index contributed by atoms with van der Waals surface area (Å²) >= 11 is 6.41. The number of hydrogen-bond acceptors (Lipinski definition) is 3. The van der Waals surface area contributed by atoms with Crippen LogP contribution >= 0.6 is 11.6 Å². The molecule has 1 saturated heterocycles. The fourth-order valence-corrected chi connectivity index (χ4v) is 3.19. The van der Waals surface area contributed by atoms with E-state index in [1.54, 1.807) is 23.1 Å². The topological polar surface area (TPSA) is 43.2 Å². The number of halogens is 2. The summed E-state index contributed by atoms with van der Waals surface area (Å²) in [6.45, 7) is 0.508. The van der Waals surface area contributed by atoms with Gasteiger partial charge in [-0.1, -0.05) is 41.9 Å². The first-order chi connectivity index (χ1) is 11.2. The van der Waals surface area contributed by atoms with Crippen molar-refractivity contribution in [2.75, 3.05) is 6.61 Å². The molecule has 0 radical (unpaired) electrons. The van der Waals surface area contributed by atoms with Crippen molar-refractivity contribution in [1.29, 1.82) is 0 Å².